The fourth-order valence-corrected chi connectivity index (χ4v) is 6.14. The Bertz CT molecular complexity index is 2120. The van der Waals surface area contributed by atoms with Gasteiger partial charge in [0.15, 0.2) is 5.82 Å². The first kappa shape index (κ1) is 30.9. The molecule has 7 rings (SSSR count). The molecular formula is C44H38N4. The predicted molar refractivity (Wildman–Crippen MR) is 197 cm³/mol. The van der Waals surface area contributed by atoms with E-state index in [1.165, 1.54) is 44.5 Å². The summed E-state index contributed by atoms with van der Waals surface area (Å²) in [5.41, 5.74) is 12.9. The lowest BCUT2D eigenvalue weighted by molar-refractivity contribution is 0.691. The maximum Gasteiger partial charge on any atom is 0.163 e. The summed E-state index contributed by atoms with van der Waals surface area (Å²) in [4.78, 5) is 18.5. The van der Waals surface area contributed by atoms with Crippen LogP contribution in [0, 0.1) is 0 Å². The molecule has 0 saturated heterocycles. The van der Waals surface area contributed by atoms with Crippen LogP contribution in [-0.2, 0) is 6.42 Å². The van der Waals surface area contributed by atoms with Crippen molar-refractivity contribution in [3.8, 4) is 56.0 Å². The minimum Gasteiger partial charge on any atom is -0.256 e. The summed E-state index contributed by atoms with van der Waals surface area (Å²) < 4.78 is 0. The SMILES string of the molecule is CC(C)c1cc(-c2ccc(-c3cccc(CC(C)c4ncnc(-c5ccc(-c6ccccc6)cc5)n4)c3)cc2)cc(-c2ccccn2)c1. The summed E-state index contributed by atoms with van der Waals surface area (Å²) in [6.45, 7) is 6.66. The fraction of sp³-hybridized carbons (Fsp3) is 0.136. The summed E-state index contributed by atoms with van der Waals surface area (Å²) in [6, 6.07) is 49.4. The van der Waals surface area contributed by atoms with Crippen LogP contribution in [0.25, 0.3) is 56.0 Å². The van der Waals surface area contributed by atoms with Crippen molar-refractivity contribution in [2.45, 2.75) is 39.0 Å². The van der Waals surface area contributed by atoms with Crippen LogP contribution in [-0.4, -0.2) is 19.9 Å². The second-order valence-corrected chi connectivity index (χ2v) is 12.7. The summed E-state index contributed by atoms with van der Waals surface area (Å²) in [7, 11) is 0. The Hall–Kier alpha value is -5.74. The van der Waals surface area contributed by atoms with E-state index in [0.29, 0.717) is 11.7 Å². The maximum atomic E-state index is 4.88. The Morgan fingerprint density at radius 2 is 1.10 bits per heavy atom. The normalized spacial score (nSPS) is 11.8. The zero-order valence-corrected chi connectivity index (χ0v) is 27.6. The summed E-state index contributed by atoms with van der Waals surface area (Å²) in [5.74, 6) is 2.06. The molecule has 0 aliphatic heterocycles. The molecule has 1 unspecified atom stereocenters. The highest BCUT2D eigenvalue weighted by Gasteiger charge is 2.14. The summed E-state index contributed by atoms with van der Waals surface area (Å²) in [6.07, 6.45) is 4.32. The minimum absolute atomic E-state index is 0.134. The number of hydrogen-bond donors (Lipinski definition) is 0. The van der Waals surface area contributed by atoms with Gasteiger partial charge in [-0.2, -0.15) is 0 Å². The molecule has 0 fully saturated rings. The quantitative estimate of drug-likeness (QED) is 0.161. The van der Waals surface area contributed by atoms with Crippen molar-refractivity contribution >= 4 is 0 Å². The lowest BCUT2D eigenvalue weighted by Crippen LogP contribution is -2.06. The van der Waals surface area contributed by atoms with Crippen molar-refractivity contribution in [3.63, 3.8) is 0 Å². The molecule has 234 valence electrons. The van der Waals surface area contributed by atoms with Crippen LogP contribution in [0.5, 0.6) is 0 Å². The number of hydrogen-bond acceptors (Lipinski definition) is 4. The average molecular weight is 623 g/mol. The van der Waals surface area contributed by atoms with E-state index in [-0.39, 0.29) is 5.92 Å². The fourth-order valence-electron chi connectivity index (χ4n) is 6.14. The predicted octanol–water partition coefficient (Wildman–Crippen LogP) is 11.1. The van der Waals surface area contributed by atoms with E-state index < -0.39 is 0 Å². The minimum atomic E-state index is 0.134. The zero-order chi connectivity index (χ0) is 32.9. The smallest absolute Gasteiger partial charge is 0.163 e. The number of aromatic nitrogens is 4. The molecule has 2 heterocycles. The lowest BCUT2D eigenvalue weighted by Gasteiger charge is -2.14. The van der Waals surface area contributed by atoms with Crippen molar-refractivity contribution in [1.82, 2.24) is 19.9 Å². The van der Waals surface area contributed by atoms with Crippen LogP contribution < -0.4 is 0 Å². The molecular weight excluding hydrogens is 585 g/mol. The molecule has 4 heteroatoms. The molecule has 0 amide bonds. The van der Waals surface area contributed by atoms with Crippen LogP contribution in [0.3, 0.4) is 0 Å². The number of nitrogens with zero attached hydrogens (tertiary/aromatic N) is 4. The zero-order valence-electron chi connectivity index (χ0n) is 27.6. The topological polar surface area (TPSA) is 51.6 Å². The van der Waals surface area contributed by atoms with Gasteiger partial charge in [-0.05, 0) is 81.1 Å². The number of pyridine rings is 1. The van der Waals surface area contributed by atoms with Gasteiger partial charge >= 0.3 is 0 Å². The van der Waals surface area contributed by atoms with Gasteiger partial charge in [0.25, 0.3) is 0 Å². The molecule has 0 aliphatic rings. The first-order valence-corrected chi connectivity index (χ1v) is 16.6. The van der Waals surface area contributed by atoms with Crippen LogP contribution in [0.15, 0.2) is 152 Å². The molecule has 2 aromatic heterocycles. The molecule has 0 aliphatic carbocycles. The van der Waals surface area contributed by atoms with E-state index >= 15 is 0 Å². The third-order valence-electron chi connectivity index (χ3n) is 8.88. The van der Waals surface area contributed by atoms with Crippen LogP contribution in [0.4, 0.5) is 0 Å². The molecule has 0 N–H and O–H groups in total. The van der Waals surface area contributed by atoms with Gasteiger partial charge in [-0.15, -0.1) is 0 Å². The van der Waals surface area contributed by atoms with E-state index in [1.807, 2.05) is 24.4 Å². The van der Waals surface area contributed by atoms with Gasteiger partial charge in [0.2, 0.25) is 0 Å². The molecule has 48 heavy (non-hydrogen) atoms. The third kappa shape index (κ3) is 6.98. The highest BCUT2D eigenvalue weighted by atomic mass is 15.0. The van der Waals surface area contributed by atoms with Crippen molar-refractivity contribution in [2.24, 2.45) is 0 Å². The molecule has 0 radical (unpaired) electrons. The van der Waals surface area contributed by atoms with Gasteiger partial charge in [-0.1, -0.05) is 136 Å². The van der Waals surface area contributed by atoms with E-state index in [0.717, 1.165) is 29.1 Å². The molecule has 1 atom stereocenters. The van der Waals surface area contributed by atoms with Gasteiger partial charge in [0.1, 0.15) is 12.2 Å². The molecule has 4 nitrogen and oxygen atoms in total. The Kier molecular flexibility index (Phi) is 8.97. The first-order chi connectivity index (χ1) is 23.5. The summed E-state index contributed by atoms with van der Waals surface area (Å²) >= 11 is 0. The van der Waals surface area contributed by atoms with Crippen molar-refractivity contribution in [2.75, 3.05) is 0 Å². The lowest BCUT2D eigenvalue weighted by atomic mass is 9.92. The second kappa shape index (κ2) is 13.9. The van der Waals surface area contributed by atoms with E-state index in [9.17, 15) is 0 Å². The molecule has 7 aromatic rings. The van der Waals surface area contributed by atoms with Gasteiger partial charge in [-0.25, -0.2) is 15.0 Å². The Morgan fingerprint density at radius 1 is 0.479 bits per heavy atom. The number of rotatable bonds is 9. The largest absolute Gasteiger partial charge is 0.256 e. The first-order valence-electron chi connectivity index (χ1n) is 16.6. The standard InChI is InChI=1S/C44H38N4/c1-30(2)39-26-40(28-41(27-39)42-14-7-8-23-45-42)36-17-15-35(16-18-36)38-13-9-10-32(25-38)24-31(3)43-46-29-47-44(48-43)37-21-19-34(20-22-37)33-11-5-4-6-12-33/h4-23,25-31H,24H2,1-3H3. The average Bonchev–Trinajstić information content (AvgIpc) is 3.15. The Morgan fingerprint density at radius 3 is 1.81 bits per heavy atom. The van der Waals surface area contributed by atoms with Crippen LogP contribution in [0.2, 0.25) is 0 Å². The van der Waals surface area contributed by atoms with Crippen molar-refractivity contribution in [1.29, 1.82) is 0 Å². The van der Waals surface area contributed by atoms with Gasteiger partial charge in [0, 0.05) is 23.2 Å². The highest BCUT2D eigenvalue weighted by Crippen LogP contribution is 2.32. The van der Waals surface area contributed by atoms with Crippen LogP contribution >= 0.6 is 0 Å². The molecule has 5 aromatic carbocycles. The highest BCUT2D eigenvalue weighted by molar-refractivity contribution is 5.75. The Balaban J connectivity index is 1.07. The summed E-state index contributed by atoms with van der Waals surface area (Å²) in [5, 5.41) is 0. The molecule has 0 spiro atoms. The molecule has 0 saturated carbocycles. The van der Waals surface area contributed by atoms with Crippen LogP contribution in [0.1, 0.15) is 49.6 Å². The molecule has 0 bridgehead atoms. The van der Waals surface area contributed by atoms with Gasteiger partial charge < -0.3 is 0 Å². The second-order valence-electron chi connectivity index (χ2n) is 12.7. The Labute approximate surface area is 283 Å². The maximum absolute atomic E-state index is 4.88. The monoisotopic (exact) mass is 622 g/mol. The van der Waals surface area contributed by atoms with Crippen molar-refractivity contribution in [3.05, 3.63) is 169 Å². The van der Waals surface area contributed by atoms with E-state index in [4.69, 9.17) is 4.98 Å². The third-order valence-corrected chi connectivity index (χ3v) is 8.88. The van der Waals surface area contributed by atoms with E-state index in [2.05, 4.69) is 157 Å². The number of benzene rings is 5. The van der Waals surface area contributed by atoms with Crippen molar-refractivity contribution < 1.29 is 0 Å². The van der Waals surface area contributed by atoms with Gasteiger partial charge in [0.05, 0.1) is 5.69 Å². The van der Waals surface area contributed by atoms with Gasteiger partial charge in [-0.3, -0.25) is 4.98 Å². The van der Waals surface area contributed by atoms with E-state index in [1.54, 1.807) is 6.33 Å².